The molecule has 0 radical (unpaired) electrons. The summed E-state index contributed by atoms with van der Waals surface area (Å²) in [7, 11) is 3.16. The summed E-state index contributed by atoms with van der Waals surface area (Å²) in [5, 5.41) is 6.61. The minimum atomic E-state index is -0.178. The molecule has 0 aliphatic heterocycles. The molecule has 0 atom stereocenters. The summed E-state index contributed by atoms with van der Waals surface area (Å²) >= 11 is 0. The van der Waals surface area contributed by atoms with Gasteiger partial charge in [0.2, 0.25) is 0 Å². The van der Waals surface area contributed by atoms with Crippen molar-refractivity contribution in [1.82, 2.24) is 10.2 Å². The van der Waals surface area contributed by atoms with Gasteiger partial charge in [-0.05, 0) is 31.5 Å². The van der Waals surface area contributed by atoms with E-state index in [1.165, 1.54) is 0 Å². The molecule has 0 bridgehead atoms. The summed E-state index contributed by atoms with van der Waals surface area (Å²) in [4.78, 5) is 11.5. The van der Waals surface area contributed by atoms with E-state index in [9.17, 15) is 4.79 Å². The number of H-pyrrole nitrogens is 1. The Hall–Kier alpha value is -2.30. The van der Waals surface area contributed by atoms with Gasteiger partial charge in [0.05, 0.1) is 19.9 Å². The third kappa shape index (κ3) is 2.19. The van der Waals surface area contributed by atoms with Crippen molar-refractivity contribution in [2.24, 2.45) is 0 Å². The lowest BCUT2D eigenvalue weighted by molar-refractivity contribution is 0.356. The van der Waals surface area contributed by atoms with Gasteiger partial charge in [0.1, 0.15) is 0 Å². The summed E-state index contributed by atoms with van der Waals surface area (Å²) < 4.78 is 10.7. The van der Waals surface area contributed by atoms with Gasteiger partial charge in [-0.3, -0.25) is 4.79 Å². The first-order chi connectivity index (χ1) is 9.10. The van der Waals surface area contributed by atoms with Crippen LogP contribution in [0.5, 0.6) is 11.5 Å². The van der Waals surface area contributed by atoms with Crippen LogP contribution in [0.15, 0.2) is 23.0 Å². The fraction of sp³-hybridized carbons (Fsp3) is 0.286. The second-order valence-electron chi connectivity index (χ2n) is 4.19. The van der Waals surface area contributed by atoms with Crippen molar-refractivity contribution < 1.29 is 9.47 Å². The quantitative estimate of drug-likeness (QED) is 0.917. The molecule has 0 unspecified atom stereocenters. The van der Waals surface area contributed by atoms with E-state index in [2.05, 4.69) is 10.2 Å². The van der Waals surface area contributed by atoms with E-state index in [4.69, 9.17) is 9.47 Å². The maximum atomic E-state index is 11.5. The monoisotopic (exact) mass is 260 g/mol. The fourth-order valence-corrected chi connectivity index (χ4v) is 1.96. The molecule has 0 amide bonds. The second kappa shape index (κ2) is 5.14. The average molecular weight is 260 g/mol. The van der Waals surface area contributed by atoms with E-state index in [0.29, 0.717) is 22.8 Å². The number of nitrogens with zero attached hydrogens (tertiary/aromatic N) is 1. The Labute approximate surface area is 111 Å². The third-order valence-electron chi connectivity index (χ3n) is 3.19. The maximum Gasteiger partial charge on any atom is 0.267 e. The van der Waals surface area contributed by atoms with Crippen LogP contribution >= 0.6 is 0 Å². The predicted molar refractivity (Wildman–Crippen MR) is 72.9 cm³/mol. The number of hydrogen-bond acceptors (Lipinski definition) is 4. The van der Waals surface area contributed by atoms with Gasteiger partial charge >= 0.3 is 0 Å². The number of methoxy groups -OCH3 is 2. The van der Waals surface area contributed by atoms with Crippen molar-refractivity contribution in [3.05, 3.63) is 39.7 Å². The molecule has 0 aliphatic rings. The van der Waals surface area contributed by atoms with Gasteiger partial charge in [-0.1, -0.05) is 6.07 Å². The van der Waals surface area contributed by atoms with E-state index >= 15 is 0 Å². The molecule has 0 saturated carbocycles. The van der Waals surface area contributed by atoms with Crippen LogP contribution in [0.2, 0.25) is 0 Å². The van der Waals surface area contributed by atoms with Crippen LogP contribution in [0.25, 0.3) is 11.3 Å². The van der Waals surface area contributed by atoms with Gasteiger partial charge in [-0.2, -0.15) is 5.10 Å². The number of benzene rings is 1. The van der Waals surface area contributed by atoms with Gasteiger partial charge in [0.15, 0.2) is 11.5 Å². The van der Waals surface area contributed by atoms with Gasteiger partial charge < -0.3 is 9.47 Å². The van der Waals surface area contributed by atoms with Crippen LogP contribution in [-0.4, -0.2) is 24.4 Å². The number of ether oxygens (including phenoxy) is 2. The Morgan fingerprint density at radius 2 is 1.84 bits per heavy atom. The van der Waals surface area contributed by atoms with E-state index in [1.54, 1.807) is 21.1 Å². The van der Waals surface area contributed by atoms with E-state index < -0.39 is 0 Å². The molecule has 0 fully saturated rings. The molecule has 0 aliphatic carbocycles. The Morgan fingerprint density at radius 3 is 2.47 bits per heavy atom. The van der Waals surface area contributed by atoms with Gasteiger partial charge in [-0.15, -0.1) is 0 Å². The van der Waals surface area contributed by atoms with Crippen LogP contribution in [0.3, 0.4) is 0 Å². The molecule has 5 heteroatoms. The minimum absolute atomic E-state index is 0.178. The molecule has 1 aromatic carbocycles. The van der Waals surface area contributed by atoms with Crippen LogP contribution in [0.4, 0.5) is 0 Å². The lowest BCUT2D eigenvalue weighted by Gasteiger charge is -2.13. The highest BCUT2D eigenvalue weighted by Gasteiger charge is 2.16. The molecule has 2 aromatic rings. The predicted octanol–water partition coefficient (Wildman–Crippen LogP) is 2.07. The van der Waals surface area contributed by atoms with Crippen molar-refractivity contribution >= 4 is 0 Å². The summed E-state index contributed by atoms with van der Waals surface area (Å²) in [6.07, 6.45) is 0. The van der Waals surface area contributed by atoms with Gasteiger partial charge in [-0.25, -0.2) is 5.10 Å². The summed E-state index contributed by atoms with van der Waals surface area (Å²) in [5.41, 5.74) is 2.78. The molecule has 1 heterocycles. The number of hydrogen-bond donors (Lipinski definition) is 1. The van der Waals surface area contributed by atoms with E-state index in [1.807, 2.05) is 25.1 Å². The second-order valence-corrected chi connectivity index (χ2v) is 4.19. The lowest BCUT2D eigenvalue weighted by Crippen LogP contribution is -2.14. The van der Waals surface area contributed by atoms with Crippen molar-refractivity contribution in [3.8, 4) is 22.8 Å². The standard InChI is InChI=1S/C14H16N2O3/c1-8-9(2)14(17)16-15-12(8)10-6-5-7-11(18-3)13(10)19-4/h5-7H,1-4H3,(H,16,17). The molecule has 100 valence electrons. The average Bonchev–Trinajstić information content (AvgIpc) is 2.44. The number of aromatic nitrogens is 2. The van der Waals surface area contributed by atoms with E-state index in [-0.39, 0.29) is 5.56 Å². The molecule has 1 N–H and O–H groups in total. The third-order valence-corrected chi connectivity index (χ3v) is 3.19. The van der Waals surface area contributed by atoms with Crippen molar-refractivity contribution in [2.45, 2.75) is 13.8 Å². The number of para-hydroxylation sites is 1. The molecule has 1 aromatic heterocycles. The normalized spacial score (nSPS) is 10.3. The Kier molecular flexibility index (Phi) is 3.55. The molecular weight excluding hydrogens is 244 g/mol. The van der Waals surface area contributed by atoms with Crippen LogP contribution in [0.1, 0.15) is 11.1 Å². The SMILES string of the molecule is COc1cccc(-c2n[nH]c(=O)c(C)c2C)c1OC. The highest BCUT2D eigenvalue weighted by atomic mass is 16.5. The van der Waals surface area contributed by atoms with Crippen LogP contribution in [0, 0.1) is 13.8 Å². The zero-order chi connectivity index (χ0) is 14.0. The molecule has 5 nitrogen and oxygen atoms in total. The molecule has 0 saturated heterocycles. The van der Waals surface area contributed by atoms with Crippen molar-refractivity contribution in [2.75, 3.05) is 14.2 Å². The van der Waals surface area contributed by atoms with Gasteiger partial charge in [0, 0.05) is 11.1 Å². The van der Waals surface area contributed by atoms with Crippen molar-refractivity contribution in [1.29, 1.82) is 0 Å². The summed E-state index contributed by atoms with van der Waals surface area (Å²) in [5.74, 6) is 1.23. The largest absolute Gasteiger partial charge is 0.493 e. The number of nitrogens with one attached hydrogen (secondary N) is 1. The fourth-order valence-electron chi connectivity index (χ4n) is 1.96. The van der Waals surface area contributed by atoms with E-state index in [0.717, 1.165) is 11.1 Å². The zero-order valence-electron chi connectivity index (χ0n) is 11.4. The Balaban J connectivity index is 2.72. The zero-order valence-corrected chi connectivity index (χ0v) is 11.4. The molecule has 0 spiro atoms. The van der Waals surface area contributed by atoms with Crippen molar-refractivity contribution in [3.63, 3.8) is 0 Å². The van der Waals surface area contributed by atoms with Gasteiger partial charge in [0.25, 0.3) is 5.56 Å². The highest BCUT2D eigenvalue weighted by Crippen LogP contribution is 2.37. The maximum absolute atomic E-state index is 11.5. The molecule has 19 heavy (non-hydrogen) atoms. The summed E-state index contributed by atoms with van der Waals surface area (Å²) in [6, 6.07) is 5.56. The Morgan fingerprint density at radius 1 is 1.11 bits per heavy atom. The smallest absolute Gasteiger partial charge is 0.267 e. The minimum Gasteiger partial charge on any atom is -0.493 e. The lowest BCUT2D eigenvalue weighted by atomic mass is 10.0. The molecule has 2 rings (SSSR count). The summed E-state index contributed by atoms with van der Waals surface area (Å²) in [6.45, 7) is 3.64. The van der Waals surface area contributed by atoms with Crippen LogP contribution in [-0.2, 0) is 0 Å². The molecular formula is C14H16N2O3. The first-order valence-corrected chi connectivity index (χ1v) is 5.87. The number of rotatable bonds is 3. The first kappa shape index (κ1) is 13.1. The topological polar surface area (TPSA) is 64.2 Å². The highest BCUT2D eigenvalue weighted by molar-refractivity contribution is 5.73. The first-order valence-electron chi connectivity index (χ1n) is 5.87. The number of aromatic amines is 1. The Bertz CT molecular complexity index is 662. The van der Waals surface area contributed by atoms with Crippen LogP contribution < -0.4 is 15.0 Å².